The summed E-state index contributed by atoms with van der Waals surface area (Å²) in [6, 6.07) is 8.38. The molecule has 0 unspecified atom stereocenters. The molecule has 1 heterocycles. The first kappa shape index (κ1) is 13.9. The monoisotopic (exact) mass is 260 g/mol. The lowest BCUT2D eigenvalue weighted by Gasteiger charge is -2.07. The van der Waals surface area contributed by atoms with E-state index in [0.717, 1.165) is 25.4 Å². The first-order valence-corrected chi connectivity index (χ1v) is 7.18. The molecule has 0 aliphatic carbocycles. The maximum Gasteiger partial charge on any atom is 0.119 e. The van der Waals surface area contributed by atoms with Crippen molar-refractivity contribution in [1.29, 1.82) is 0 Å². The van der Waals surface area contributed by atoms with Gasteiger partial charge >= 0.3 is 0 Å². The fourth-order valence-corrected chi connectivity index (χ4v) is 2.32. The van der Waals surface area contributed by atoms with Gasteiger partial charge in [0.05, 0.1) is 7.11 Å². The van der Waals surface area contributed by atoms with Crippen LogP contribution in [0.4, 0.5) is 0 Å². The summed E-state index contributed by atoms with van der Waals surface area (Å²) in [7, 11) is 1.71. The summed E-state index contributed by atoms with van der Waals surface area (Å²) in [4.78, 5) is 0. The topological polar surface area (TPSA) is 26.2 Å². The number of methoxy groups -OCH3 is 1. The molecule has 0 bridgehead atoms. The lowest BCUT2D eigenvalue weighted by atomic mass is 10.2. The van der Waals surface area contributed by atoms with Crippen LogP contribution < -0.4 is 10.1 Å². The third-order valence-corrected chi connectivity index (χ3v) is 3.46. The molecule has 0 aliphatic heterocycles. The Labute approximate surface area is 115 Å². The Balaban J connectivity index is 1.87. The highest BCUT2D eigenvalue weighted by Crippen LogP contribution is 2.21. The molecule has 1 aromatic heterocycles. The van der Waals surface area contributed by atoms with Crippen molar-refractivity contribution < 1.29 is 4.74 Å². The van der Waals surface area contributed by atoms with E-state index < -0.39 is 0 Å². The van der Waals surface area contributed by atoms with Crippen LogP contribution in [0.5, 0.6) is 5.75 Å². The second-order valence-corrected chi connectivity index (χ2v) is 4.89. The number of unbranched alkanes of at least 4 members (excludes halogenated alkanes) is 2. The molecule has 2 aromatic rings. The summed E-state index contributed by atoms with van der Waals surface area (Å²) in [5.74, 6) is 0.919. The highest BCUT2D eigenvalue weighted by molar-refractivity contribution is 5.81. The first-order chi connectivity index (χ1) is 9.35. The number of nitrogens with one attached hydrogen (secondary N) is 1. The lowest BCUT2D eigenvalue weighted by Crippen LogP contribution is -2.20. The molecule has 3 heteroatoms. The highest BCUT2D eigenvalue weighted by atomic mass is 16.5. The minimum atomic E-state index is 0.919. The zero-order valence-corrected chi connectivity index (χ0v) is 12.0. The summed E-state index contributed by atoms with van der Waals surface area (Å²) < 4.78 is 7.54. The number of fused-ring (bicyclic) bond motifs is 1. The van der Waals surface area contributed by atoms with Crippen molar-refractivity contribution in [2.24, 2.45) is 0 Å². The van der Waals surface area contributed by atoms with Gasteiger partial charge in [-0.2, -0.15) is 0 Å². The molecular weight excluding hydrogens is 236 g/mol. The molecule has 0 aliphatic rings. The van der Waals surface area contributed by atoms with Crippen molar-refractivity contribution in [3.63, 3.8) is 0 Å². The van der Waals surface area contributed by atoms with E-state index in [2.05, 4.69) is 41.2 Å². The van der Waals surface area contributed by atoms with Gasteiger partial charge in [0.25, 0.3) is 0 Å². The summed E-state index contributed by atoms with van der Waals surface area (Å²) >= 11 is 0. The fourth-order valence-electron chi connectivity index (χ4n) is 2.32. The Bertz CT molecular complexity index is 504. The smallest absolute Gasteiger partial charge is 0.119 e. The van der Waals surface area contributed by atoms with Gasteiger partial charge in [0.2, 0.25) is 0 Å². The van der Waals surface area contributed by atoms with Gasteiger partial charge in [-0.1, -0.05) is 19.8 Å². The van der Waals surface area contributed by atoms with E-state index in [-0.39, 0.29) is 0 Å². The zero-order valence-electron chi connectivity index (χ0n) is 12.0. The SMILES string of the molecule is CCCCCNCCn1ccc2cc(OC)ccc21. The third-order valence-electron chi connectivity index (χ3n) is 3.46. The van der Waals surface area contributed by atoms with Crippen LogP contribution in [0.25, 0.3) is 10.9 Å². The Morgan fingerprint density at radius 1 is 1.16 bits per heavy atom. The van der Waals surface area contributed by atoms with Crippen molar-refractivity contribution in [1.82, 2.24) is 9.88 Å². The van der Waals surface area contributed by atoms with Crippen LogP contribution in [0, 0.1) is 0 Å². The highest BCUT2D eigenvalue weighted by Gasteiger charge is 2.02. The van der Waals surface area contributed by atoms with Crippen molar-refractivity contribution in [2.45, 2.75) is 32.7 Å². The van der Waals surface area contributed by atoms with Crippen molar-refractivity contribution >= 4 is 10.9 Å². The molecule has 0 amide bonds. The summed E-state index contributed by atoms with van der Waals surface area (Å²) in [6.45, 7) is 5.41. The molecular formula is C16H24N2O. The summed E-state index contributed by atoms with van der Waals surface area (Å²) in [5, 5.41) is 4.74. The minimum absolute atomic E-state index is 0.919. The van der Waals surface area contributed by atoms with E-state index in [0.29, 0.717) is 0 Å². The summed E-state index contributed by atoms with van der Waals surface area (Å²) in [6.07, 6.45) is 6.03. The quantitative estimate of drug-likeness (QED) is 0.736. The minimum Gasteiger partial charge on any atom is -0.497 e. The molecule has 1 aromatic carbocycles. The standard InChI is InChI=1S/C16H24N2O/c1-3-4-5-9-17-10-12-18-11-8-14-13-15(19-2)6-7-16(14)18/h6-8,11,13,17H,3-5,9-10,12H2,1-2H3. The van der Waals surface area contributed by atoms with E-state index in [4.69, 9.17) is 4.74 Å². The van der Waals surface area contributed by atoms with E-state index >= 15 is 0 Å². The molecule has 0 fully saturated rings. The normalized spacial score (nSPS) is 11.1. The summed E-state index contributed by atoms with van der Waals surface area (Å²) in [5.41, 5.74) is 1.27. The van der Waals surface area contributed by atoms with Crippen LogP contribution in [0.3, 0.4) is 0 Å². The van der Waals surface area contributed by atoms with Crippen LogP contribution in [0.1, 0.15) is 26.2 Å². The van der Waals surface area contributed by atoms with Gasteiger partial charge in [-0.05, 0) is 37.2 Å². The number of rotatable bonds is 8. The van der Waals surface area contributed by atoms with Crippen LogP contribution in [-0.2, 0) is 6.54 Å². The van der Waals surface area contributed by atoms with Crippen molar-refractivity contribution in [3.05, 3.63) is 30.5 Å². The van der Waals surface area contributed by atoms with E-state index in [1.54, 1.807) is 7.11 Å². The number of hydrogen-bond donors (Lipinski definition) is 1. The number of ether oxygens (including phenoxy) is 1. The van der Waals surface area contributed by atoms with E-state index in [1.807, 2.05) is 6.07 Å². The van der Waals surface area contributed by atoms with E-state index in [1.165, 1.54) is 30.2 Å². The van der Waals surface area contributed by atoms with Crippen molar-refractivity contribution in [3.8, 4) is 5.75 Å². The predicted molar refractivity (Wildman–Crippen MR) is 80.9 cm³/mol. The van der Waals surface area contributed by atoms with Gasteiger partial charge in [-0.3, -0.25) is 0 Å². The molecule has 0 saturated carbocycles. The number of benzene rings is 1. The second kappa shape index (κ2) is 7.19. The first-order valence-electron chi connectivity index (χ1n) is 7.18. The molecule has 0 spiro atoms. The second-order valence-electron chi connectivity index (χ2n) is 4.89. The molecule has 0 atom stereocenters. The zero-order chi connectivity index (χ0) is 13.5. The third kappa shape index (κ3) is 3.74. The van der Waals surface area contributed by atoms with E-state index in [9.17, 15) is 0 Å². The average Bonchev–Trinajstić information content (AvgIpc) is 2.85. The van der Waals surface area contributed by atoms with Gasteiger partial charge in [0.1, 0.15) is 5.75 Å². The van der Waals surface area contributed by atoms with Crippen LogP contribution in [-0.4, -0.2) is 24.8 Å². The van der Waals surface area contributed by atoms with Gasteiger partial charge in [-0.25, -0.2) is 0 Å². The van der Waals surface area contributed by atoms with Crippen LogP contribution in [0.15, 0.2) is 30.5 Å². The molecule has 3 nitrogen and oxygen atoms in total. The maximum absolute atomic E-state index is 5.25. The average molecular weight is 260 g/mol. The van der Waals surface area contributed by atoms with Crippen molar-refractivity contribution in [2.75, 3.05) is 20.2 Å². The Morgan fingerprint density at radius 3 is 2.84 bits per heavy atom. The number of aromatic nitrogens is 1. The fraction of sp³-hybridized carbons (Fsp3) is 0.500. The largest absolute Gasteiger partial charge is 0.497 e. The van der Waals surface area contributed by atoms with Crippen LogP contribution >= 0.6 is 0 Å². The molecule has 2 rings (SSSR count). The lowest BCUT2D eigenvalue weighted by molar-refractivity contribution is 0.415. The van der Waals surface area contributed by atoms with Gasteiger partial charge in [0, 0.05) is 30.2 Å². The number of nitrogens with zero attached hydrogens (tertiary/aromatic N) is 1. The molecule has 0 radical (unpaired) electrons. The van der Waals surface area contributed by atoms with Gasteiger partial charge < -0.3 is 14.6 Å². The van der Waals surface area contributed by atoms with Gasteiger partial charge in [0.15, 0.2) is 0 Å². The van der Waals surface area contributed by atoms with Crippen LogP contribution in [0.2, 0.25) is 0 Å². The Morgan fingerprint density at radius 2 is 2.05 bits per heavy atom. The maximum atomic E-state index is 5.25. The number of hydrogen-bond acceptors (Lipinski definition) is 2. The van der Waals surface area contributed by atoms with Gasteiger partial charge in [-0.15, -0.1) is 0 Å². The molecule has 19 heavy (non-hydrogen) atoms. The Hall–Kier alpha value is -1.48. The molecule has 1 N–H and O–H groups in total. The molecule has 0 saturated heterocycles. The Kier molecular flexibility index (Phi) is 5.28. The predicted octanol–water partition coefficient (Wildman–Crippen LogP) is 3.43. The molecule has 104 valence electrons.